The number of aromatic nitrogens is 2. The highest BCUT2D eigenvalue weighted by atomic mass is 35.5. The minimum absolute atomic E-state index is 0.0164. The van der Waals surface area contributed by atoms with Crippen LogP contribution in [0.3, 0.4) is 0 Å². The van der Waals surface area contributed by atoms with Crippen molar-refractivity contribution in [2.45, 2.75) is 13.5 Å². The summed E-state index contributed by atoms with van der Waals surface area (Å²) in [6.07, 6.45) is 0. The van der Waals surface area contributed by atoms with Crippen molar-refractivity contribution in [3.63, 3.8) is 0 Å². The largest absolute Gasteiger partial charge is 0.465 e. The molecule has 0 aliphatic rings. The van der Waals surface area contributed by atoms with Crippen molar-refractivity contribution in [3.8, 4) is 34.0 Å². The fourth-order valence-electron chi connectivity index (χ4n) is 4.49. The van der Waals surface area contributed by atoms with E-state index < -0.39 is 5.97 Å². The average Bonchev–Trinajstić information content (AvgIpc) is 3.40. The maximum Gasteiger partial charge on any atom is 0.338 e. The van der Waals surface area contributed by atoms with Gasteiger partial charge in [0.15, 0.2) is 0 Å². The Morgan fingerprint density at radius 1 is 0.881 bits per heavy atom. The topological polar surface area (TPSA) is 103 Å². The lowest BCUT2D eigenvalue weighted by molar-refractivity contribution is 0.0274. The number of benzene rings is 4. The second-order valence-electron chi connectivity index (χ2n) is 9.62. The lowest BCUT2D eigenvalue weighted by atomic mass is 9.99. The first-order valence-corrected chi connectivity index (χ1v) is 13.8. The summed E-state index contributed by atoms with van der Waals surface area (Å²) in [6, 6.07) is 25.7. The zero-order valence-electron chi connectivity index (χ0n) is 23.4. The number of carbonyl (C=O) groups excluding carboxylic acids is 1. The second-order valence-corrected chi connectivity index (χ2v) is 10.0. The van der Waals surface area contributed by atoms with Gasteiger partial charge in [-0.2, -0.15) is 4.98 Å². The van der Waals surface area contributed by atoms with E-state index in [9.17, 15) is 4.79 Å². The molecule has 0 unspecified atom stereocenters. The molecule has 0 atom stereocenters. The summed E-state index contributed by atoms with van der Waals surface area (Å²) in [5, 5.41) is 9.31. The maximum absolute atomic E-state index is 12.0. The van der Waals surface area contributed by atoms with Crippen molar-refractivity contribution in [2.24, 2.45) is 0 Å². The van der Waals surface area contributed by atoms with Crippen LogP contribution < -0.4 is 4.74 Å². The van der Waals surface area contributed by atoms with Gasteiger partial charge in [0.05, 0.1) is 61.8 Å². The summed E-state index contributed by atoms with van der Waals surface area (Å²) >= 11 is 6.68. The number of halogens is 1. The zero-order chi connectivity index (χ0) is 29.5. The summed E-state index contributed by atoms with van der Waals surface area (Å²) in [5.41, 5.74) is 7.73. The fourth-order valence-corrected chi connectivity index (χ4v) is 4.77. The number of ether oxygens (including phenoxy) is 4. The maximum atomic E-state index is 12.0. The molecule has 5 aromatic rings. The Morgan fingerprint density at radius 2 is 1.57 bits per heavy atom. The Balaban J connectivity index is 1.27. The second kappa shape index (κ2) is 13.6. The van der Waals surface area contributed by atoms with Gasteiger partial charge in [0, 0.05) is 5.56 Å². The molecule has 0 aliphatic heterocycles. The van der Waals surface area contributed by atoms with Gasteiger partial charge in [-0.3, -0.25) is 0 Å². The van der Waals surface area contributed by atoms with Crippen LogP contribution in [-0.4, -0.2) is 54.6 Å². The Kier molecular flexibility index (Phi) is 9.51. The number of carbonyl (C=O) groups is 1. The Bertz CT molecular complexity index is 1670. The van der Waals surface area contributed by atoms with E-state index in [0.717, 1.165) is 38.9 Å². The number of hydrogen-bond acceptors (Lipinski definition) is 7. The van der Waals surface area contributed by atoms with Crippen molar-refractivity contribution in [3.05, 3.63) is 101 Å². The van der Waals surface area contributed by atoms with Crippen molar-refractivity contribution in [1.82, 2.24) is 9.97 Å². The van der Waals surface area contributed by atoms with Crippen LogP contribution >= 0.6 is 11.6 Å². The lowest BCUT2D eigenvalue weighted by Crippen LogP contribution is -2.07. The van der Waals surface area contributed by atoms with Crippen molar-refractivity contribution in [2.75, 3.05) is 33.5 Å². The molecular formula is C33H31ClN2O6. The van der Waals surface area contributed by atoms with Gasteiger partial charge in [-0.05, 0) is 59.0 Å². The van der Waals surface area contributed by atoms with Gasteiger partial charge in [-0.1, -0.05) is 66.2 Å². The quantitative estimate of drug-likeness (QED) is 0.120. The van der Waals surface area contributed by atoms with Gasteiger partial charge < -0.3 is 29.0 Å². The number of aromatic amines is 1. The van der Waals surface area contributed by atoms with Crippen molar-refractivity contribution < 1.29 is 28.8 Å². The van der Waals surface area contributed by atoms with E-state index in [-0.39, 0.29) is 12.6 Å². The van der Waals surface area contributed by atoms with Crippen molar-refractivity contribution >= 4 is 28.6 Å². The Labute approximate surface area is 248 Å². The third kappa shape index (κ3) is 6.98. The third-order valence-corrected chi connectivity index (χ3v) is 7.05. The number of aliphatic hydroxyl groups excluding tert-OH is 1. The van der Waals surface area contributed by atoms with Gasteiger partial charge in [-0.15, -0.1) is 0 Å². The summed E-state index contributed by atoms with van der Waals surface area (Å²) in [4.78, 5) is 19.8. The average molecular weight is 587 g/mol. The molecule has 5 rings (SSSR count). The minimum atomic E-state index is -0.426. The molecule has 4 aromatic carbocycles. The third-order valence-electron chi connectivity index (χ3n) is 6.74. The predicted molar refractivity (Wildman–Crippen MR) is 162 cm³/mol. The number of aliphatic hydroxyl groups is 1. The fraction of sp³-hybridized carbons (Fsp3) is 0.212. The molecule has 0 amide bonds. The molecule has 8 nitrogen and oxygen atoms in total. The number of nitrogens with one attached hydrogen (secondary N) is 1. The minimum Gasteiger partial charge on any atom is -0.465 e. The highest BCUT2D eigenvalue weighted by Gasteiger charge is 2.14. The number of H-pyrrole nitrogens is 1. The molecule has 42 heavy (non-hydrogen) atoms. The number of rotatable bonds is 12. The molecule has 9 heteroatoms. The van der Waals surface area contributed by atoms with E-state index in [2.05, 4.69) is 34.2 Å². The molecular weight excluding hydrogens is 556 g/mol. The molecule has 0 saturated heterocycles. The number of fused-ring (bicyclic) bond motifs is 1. The van der Waals surface area contributed by atoms with E-state index in [0.29, 0.717) is 48.3 Å². The zero-order valence-corrected chi connectivity index (χ0v) is 24.1. The molecule has 0 aliphatic carbocycles. The van der Waals surface area contributed by atoms with Crippen LogP contribution in [0, 0.1) is 6.92 Å². The Morgan fingerprint density at radius 3 is 2.29 bits per heavy atom. The van der Waals surface area contributed by atoms with E-state index in [1.54, 1.807) is 18.2 Å². The van der Waals surface area contributed by atoms with Gasteiger partial charge in [0.2, 0.25) is 0 Å². The summed E-state index contributed by atoms with van der Waals surface area (Å²) in [5.74, 6) is 0.0380. The smallest absolute Gasteiger partial charge is 0.338 e. The number of esters is 1. The molecule has 1 heterocycles. The van der Waals surface area contributed by atoms with Crippen LogP contribution in [0.15, 0.2) is 78.9 Å². The lowest BCUT2D eigenvalue weighted by Gasteiger charge is -2.08. The number of nitrogens with zero attached hydrogens (tertiary/aromatic N) is 1. The molecule has 0 spiro atoms. The summed E-state index contributed by atoms with van der Waals surface area (Å²) in [7, 11) is 1.35. The van der Waals surface area contributed by atoms with E-state index in [1.165, 1.54) is 7.11 Å². The van der Waals surface area contributed by atoms with Crippen LogP contribution in [0.1, 0.15) is 21.5 Å². The number of hydrogen-bond donors (Lipinski definition) is 2. The molecule has 0 radical (unpaired) electrons. The van der Waals surface area contributed by atoms with E-state index >= 15 is 0 Å². The van der Waals surface area contributed by atoms with Crippen LogP contribution in [0.2, 0.25) is 5.02 Å². The SMILES string of the molecule is COC(=O)c1cc(Oc2nc3cc(-c4ccc(-c5ccc(COCCOCCO)cc5)cc4)c(Cl)cc3[nH]2)ccc1C. The van der Waals surface area contributed by atoms with E-state index in [1.807, 2.05) is 43.3 Å². The van der Waals surface area contributed by atoms with Gasteiger partial charge >= 0.3 is 5.97 Å². The number of methoxy groups -OCH3 is 1. The number of imidazole rings is 1. The molecule has 0 fully saturated rings. The first-order chi connectivity index (χ1) is 20.4. The first kappa shape index (κ1) is 29.3. The van der Waals surface area contributed by atoms with Crippen LogP contribution in [0.25, 0.3) is 33.3 Å². The predicted octanol–water partition coefficient (Wildman–Crippen LogP) is 6.96. The Hall–Kier alpha value is -4.21. The van der Waals surface area contributed by atoms with Crippen LogP contribution in [0.5, 0.6) is 11.8 Å². The normalized spacial score (nSPS) is 11.1. The van der Waals surface area contributed by atoms with Crippen LogP contribution in [-0.2, 0) is 20.8 Å². The first-order valence-electron chi connectivity index (χ1n) is 13.5. The number of aryl methyl sites for hydroxylation is 1. The standard InChI is InChI=1S/C33H31ClN2O6/c1-21-3-12-26(17-27(21)32(38)39-2)42-33-35-30-18-28(29(34)19-31(30)36-33)25-10-8-24(9-11-25)23-6-4-22(5-7-23)20-41-16-15-40-14-13-37/h3-12,17-19,37H,13-16,20H2,1-2H3,(H,35,36). The molecule has 0 bridgehead atoms. The monoisotopic (exact) mass is 586 g/mol. The summed E-state index contributed by atoms with van der Waals surface area (Å²) in [6.45, 7) is 3.62. The molecule has 0 saturated carbocycles. The molecule has 1 aromatic heterocycles. The highest BCUT2D eigenvalue weighted by Crippen LogP contribution is 2.34. The highest BCUT2D eigenvalue weighted by molar-refractivity contribution is 6.34. The van der Waals surface area contributed by atoms with Gasteiger partial charge in [-0.25, -0.2) is 4.79 Å². The van der Waals surface area contributed by atoms with Crippen LogP contribution in [0.4, 0.5) is 0 Å². The van der Waals surface area contributed by atoms with Gasteiger partial charge in [0.25, 0.3) is 6.01 Å². The van der Waals surface area contributed by atoms with Crippen molar-refractivity contribution in [1.29, 1.82) is 0 Å². The molecule has 2 N–H and O–H groups in total. The molecule has 216 valence electrons. The summed E-state index contributed by atoms with van der Waals surface area (Å²) < 4.78 is 21.6. The van der Waals surface area contributed by atoms with E-state index in [4.69, 9.17) is 35.7 Å². The van der Waals surface area contributed by atoms with Gasteiger partial charge in [0.1, 0.15) is 5.75 Å².